The second kappa shape index (κ2) is 11.2. The highest BCUT2D eigenvalue weighted by Crippen LogP contribution is 2.17. The molecule has 1 aromatic carbocycles. The molecule has 6 nitrogen and oxygen atoms in total. The molecule has 0 saturated carbocycles. The van der Waals surface area contributed by atoms with Crippen molar-refractivity contribution in [2.75, 3.05) is 6.54 Å². The van der Waals surface area contributed by atoms with E-state index in [-0.39, 0.29) is 30.0 Å². The zero-order valence-electron chi connectivity index (χ0n) is 16.4. The van der Waals surface area contributed by atoms with Crippen LogP contribution in [0.1, 0.15) is 42.3 Å². The summed E-state index contributed by atoms with van der Waals surface area (Å²) in [6, 6.07) is 10.4. The van der Waals surface area contributed by atoms with Crippen molar-refractivity contribution < 1.29 is 0 Å². The highest BCUT2D eigenvalue weighted by molar-refractivity contribution is 14.0. The molecule has 0 bridgehead atoms. The normalized spacial score (nSPS) is 12.3. The summed E-state index contributed by atoms with van der Waals surface area (Å²) >= 11 is 1.73. The number of rotatable bonds is 7. The van der Waals surface area contributed by atoms with E-state index in [0.717, 1.165) is 29.6 Å². The number of thiazole rings is 1. The maximum Gasteiger partial charge on any atom is 0.192 e. The van der Waals surface area contributed by atoms with Crippen molar-refractivity contribution in [2.45, 2.75) is 39.8 Å². The van der Waals surface area contributed by atoms with Crippen molar-refractivity contribution in [1.82, 2.24) is 25.4 Å². The van der Waals surface area contributed by atoms with Crippen LogP contribution in [-0.2, 0) is 13.0 Å². The number of nitrogens with one attached hydrogen (secondary N) is 2. The SMILES string of the molecule is CCNC(=NCc1ncc(CC)s1)NC(C)c1cccc(-n2cccn2)c1.I. The van der Waals surface area contributed by atoms with E-state index in [2.05, 4.69) is 65.8 Å². The third-order valence-corrected chi connectivity index (χ3v) is 5.29. The largest absolute Gasteiger partial charge is 0.357 e. The van der Waals surface area contributed by atoms with Gasteiger partial charge in [-0.2, -0.15) is 5.10 Å². The Balaban J connectivity index is 0.00000280. The van der Waals surface area contributed by atoms with Crippen molar-refractivity contribution >= 4 is 41.3 Å². The first-order valence-corrected chi connectivity index (χ1v) is 10.1. The molecule has 2 heterocycles. The lowest BCUT2D eigenvalue weighted by Crippen LogP contribution is -2.38. The molecule has 0 spiro atoms. The Morgan fingerprint density at radius 1 is 1.29 bits per heavy atom. The molecule has 0 aliphatic carbocycles. The van der Waals surface area contributed by atoms with Gasteiger partial charge < -0.3 is 10.6 Å². The Morgan fingerprint density at radius 2 is 2.14 bits per heavy atom. The van der Waals surface area contributed by atoms with Crippen molar-refractivity contribution in [3.8, 4) is 5.69 Å². The Morgan fingerprint density at radius 3 is 2.82 bits per heavy atom. The Kier molecular flexibility index (Phi) is 8.91. The second-order valence-corrected chi connectivity index (χ2v) is 7.38. The number of aryl methyl sites for hydroxylation is 1. The topological polar surface area (TPSA) is 67.1 Å². The molecular formula is C20H27IN6S. The predicted molar refractivity (Wildman–Crippen MR) is 127 cm³/mol. The molecule has 1 unspecified atom stereocenters. The van der Waals surface area contributed by atoms with E-state index in [1.165, 1.54) is 10.4 Å². The van der Waals surface area contributed by atoms with Crippen LogP contribution in [0.2, 0.25) is 0 Å². The molecule has 2 N–H and O–H groups in total. The lowest BCUT2D eigenvalue weighted by molar-refractivity contribution is 0.685. The van der Waals surface area contributed by atoms with Gasteiger partial charge in [-0.1, -0.05) is 19.1 Å². The monoisotopic (exact) mass is 510 g/mol. The molecule has 3 rings (SSSR count). The fourth-order valence-electron chi connectivity index (χ4n) is 2.70. The fourth-order valence-corrected chi connectivity index (χ4v) is 3.48. The maximum atomic E-state index is 4.69. The molecule has 0 fully saturated rings. The van der Waals surface area contributed by atoms with Crippen LogP contribution in [0.25, 0.3) is 5.69 Å². The van der Waals surface area contributed by atoms with Crippen LogP contribution in [-0.4, -0.2) is 27.3 Å². The van der Waals surface area contributed by atoms with E-state index < -0.39 is 0 Å². The highest BCUT2D eigenvalue weighted by Gasteiger charge is 2.09. The molecule has 0 amide bonds. The standard InChI is InChI=1S/C20H26N6S.HI/c1-4-18-13-22-19(27-18)14-23-20(21-5-2)25-15(3)16-8-6-9-17(12-16)26-11-7-10-24-26;/h6-13,15H,4-5,14H2,1-3H3,(H2,21,23,25);1H. The number of guanidine groups is 1. The first-order valence-electron chi connectivity index (χ1n) is 9.28. The first kappa shape index (κ1) is 22.4. The van der Waals surface area contributed by atoms with Gasteiger partial charge >= 0.3 is 0 Å². The number of hydrogen-bond donors (Lipinski definition) is 2. The lowest BCUT2D eigenvalue weighted by atomic mass is 10.1. The second-order valence-electron chi connectivity index (χ2n) is 6.18. The lowest BCUT2D eigenvalue weighted by Gasteiger charge is -2.18. The summed E-state index contributed by atoms with van der Waals surface area (Å²) in [7, 11) is 0. The van der Waals surface area contributed by atoms with Crippen molar-refractivity contribution in [2.24, 2.45) is 4.99 Å². The Hall–Kier alpha value is -1.94. The number of benzene rings is 1. The van der Waals surface area contributed by atoms with Crippen molar-refractivity contribution in [1.29, 1.82) is 0 Å². The number of aliphatic imine (C=N–C) groups is 1. The molecule has 3 aromatic rings. The molecule has 8 heteroatoms. The Bertz CT molecular complexity index is 874. The van der Waals surface area contributed by atoms with Crippen LogP contribution in [0.4, 0.5) is 0 Å². The fraction of sp³-hybridized carbons (Fsp3) is 0.350. The minimum atomic E-state index is 0. The zero-order chi connectivity index (χ0) is 19.1. The number of nitrogens with zero attached hydrogens (tertiary/aromatic N) is 4. The van der Waals surface area contributed by atoms with Crippen LogP contribution < -0.4 is 10.6 Å². The average Bonchev–Trinajstić information content (AvgIpc) is 3.38. The van der Waals surface area contributed by atoms with E-state index in [4.69, 9.17) is 4.99 Å². The molecule has 1 atom stereocenters. The molecular weight excluding hydrogens is 483 g/mol. The summed E-state index contributed by atoms with van der Waals surface area (Å²) in [6.45, 7) is 7.74. The number of hydrogen-bond acceptors (Lipinski definition) is 4. The van der Waals surface area contributed by atoms with E-state index in [9.17, 15) is 0 Å². The first-order chi connectivity index (χ1) is 13.2. The van der Waals surface area contributed by atoms with E-state index in [1.807, 2.05) is 23.1 Å². The van der Waals surface area contributed by atoms with Crippen LogP contribution in [0.15, 0.2) is 53.9 Å². The van der Waals surface area contributed by atoms with Crippen molar-refractivity contribution in [3.63, 3.8) is 0 Å². The van der Waals surface area contributed by atoms with Gasteiger partial charge in [0.05, 0.1) is 18.3 Å². The van der Waals surface area contributed by atoms with Gasteiger partial charge in [0.1, 0.15) is 5.01 Å². The van der Waals surface area contributed by atoms with E-state index >= 15 is 0 Å². The van der Waals surface area contributed by atoms with Crippen LogP contribution in [0, 0.1) is 0 Å². The van der Waals surface area contributed by atoms with Gasteiger partial charge in [-0.05, 0) is 44.0 Å². The summed E-state index contributed by atoms with van der Waals surface area (Å²) in [5.41, 5.74) is 2.22. The molecule has 0 aliphatic heterocycles. The summed E-state index contributed by atoms with van der Waals surface area (Å²) in [6.07, 6.45) is 6.69. The highest BCUT2D eigenvalue weighted by atomic mass is 127. The third kappa shape index (κ3) is 6.03. The molecule has 150 valence electrons. The quantitative estimate of drug-likeness (QED) is 0.282. The minimum absolute atomic E-state index is 0. The van der Waals surface area contributed by atoms with Gasteiger partial charge in [0.25, 0.3) is 0 Å². The van der Waals surface area contributed by atoms with Gasteiger partial charge in [0, 0.05) is 30.0 Å². The molecule has 0 radical (unpaired) electrons. The summed E-state index contributed by atoms with van der Waals surface area (Å²) in [4.78, 5) is 10.4. The number of aromatic nitrogens is 3. The van der Waals surface area contributed by atoms with Crippen molar-refractivity contribution in [3.05, 3.63) is 64.4 Å². The summed E-state index contributed by atoms with van der Waals surface area (Å²) < 4.78 is 1.86. The average molecular weight is 510 g/mol. The van der Waals surface area contributed by atoms with E-state index in [0.29, 0.717) is 6.54 Å². The van der Waals surface area contributed by atoms with Gasteiger partial charge in [-0.15, -0.1) is 35.3 Å². The predicted octanol–water partition coefficient (Wildman–Crippen LogP) is 4.33. The summed E-state index contributed by atoms with van der Waals surface area (Å²) in [5, 5.41) is 12.1. The number of halogens is 1. The Labute approximate surface area is 187 Å². The van der Waals surface area contributed by atoms with Crippen LogP contribution in [0.5, 0.6) is 0 Å². The van der Waals surface area contributed by atoms with Gasteiger partial charge in [-0.3, -0.25) is 0 Å². The molecule has 0 aliphatic rings. The van der Waals surface area contributed by atoms with Gasteiger partial charge in [-0.25, -0.2) is 14.7 Å². The van der Waals surface area contributed by atoms with Crippen LogP contribution >= 0.6 is 35.3 Å². The molecule has 0 saturated heterocycles. The summed E-state index contributed by atoms with van der Waals surface area (Å²) in [5.74, 6) is 0.794. The van der Waals surface area contributed by atoms with E-state index in [1.54, 1.807) is 17.5 Å². The molecule has 28 heavy (non-hydrogen) atoms. The molecule has 2 aromatic heterocycles. The maximum absolute atomic E-state index is 4.69. The zero-order valence-corrected chi connectivity index (χ0v) is 19.6. The third-order valence-electron chi connectivity index (χ3n) is 4.16. The minimum Gasteiger partial charge on any atom is -0.357 e. The van der Waals surface area contributed by atoms with Crippen LogP contribution in [0.3, 0.4) is 0 Å². The van der Waals surface area contributed by atoms with Gasteiger partial charge in [0.2, 0.25) is 0 Å². The van der Waals surface area contributed by atoms with Gasteiger partial charge in [0.15, 0.2) is 5.96 Å². The smallest absolute Gasteiger partial charge is 0.192 e.